The second-order valence-electron chi connectivity index (χ2n) is 4.55. The normalized spacial score (nSPS) is 10.6. The molecule has 1 heterocycles. The molecule has 4 nitrogen and oxygen atoms in total. The third kappa shape index (κ3) is 4.09. The maximum Gasteiger partial charge on any atom is 0.257 e. The smallest absolute Gasteiger partial charge is 0.257 e. The van der Waals surface area contributed by atoms with Crippen LogP contribution in [-0.2, 0) is 0 Å². The van der Waals surface area contributed by atoms with Crippen LogP contribution in [0, 0.1) is 0 Å². The minimum atomic E-state index is -0.304. The van der Waals surface area contributed by atoms with Gasteiger partial charge in [-0.15, -0.1) is 0 Å². The van der Waals surface area contributed by atoms with Gasteiger partial charge in [0, 0.05) is 37.2 Å². The molecule has 0 spiro atoms. The highest BCUT2D eigenvalue weighted by Crippen LogP contribution is 2.25. The van der Waals surface area contributed by atoms with Crippen LogP contribution in [-0.4, -0.2) is 15.3 Å². The van der Waals surface area contributed by atoms with E-state index in [4.69, 9.17) is 23.2 Å². The molecule has 0 aliphatic rings. The number of benzene rings is 2. The molecule has 0 atom stereocenters. The van der Waals surface area contributed by atoms with Gasteiger partial charge in [-0.05, 0) is 30.3 Å². The van der Waals surface area contributed by atoms with E-state index >= 15 is 0 Å². The number of aromatic nitrogens is 2. The first-order valence-corrected chi connectivity index (χ1v) is 8.70. The maximum atomic E-state index is 12.2. The first-order valence-electron chi connectivity index (χ1n) is 6.38. The number of hydrogen-bond donors (Lipinski definition) is 1. The number of carbonyl (C=O) groups excluding carboxylic acids is 1. The van der Waals surface area contributed by atoms with Crippen LogP contribution in [0.1, 0.15) is 10.4 Å². The summed E-state index contributed by atoms with van der Waals surface area (Å²) in [7, 11) is 0. The third-order valence-corrected chi connectivity index (χ3v) is 4.40. The van der Waals surface area contributed by atoms with Crippen molar-refractivity contribution in [3.8, 4) is 11.4 Å². The average Bonchev–Trinajstić information content (AvgIpc) is 2.95. The second-order valence-corrected chi connectivity index (χ2v) is 7.09. The maximum absolute atomic E-state index is 12.2. The van der Waals surface area contributed by atoms with Gasteiger partial charge in [0.05, 0.1) is 0 Å². The van der Waals surface area contributed by atoms with Crippen molar-refractivity contribution in [1.82, 2.24) is 9.36 Å². The molecule has 0 saturated carbocycles. The highest BCUT2D eigenvalue weighted by atomic mass is 79.9. The Morgan fingerprint density at radius 3 is 2.70 bits per heavy atom. The first-order chi connectivity index (χ1) is 11.0. The Kier molecular flexibility index (Phi) is 4.96. The van der Waals surface area contributed by atoms with Gasteiger partial charge in [-0.2, -0.15) is 9.36 Å². The highest BCUT2D eigenvalue weighted by Gasteiger charge is 2.12. The van der Waals surface area contributed by atoms with Gasteiger partial charge >= 0.3 is 0 Å². The van der Waals surface area contributed by atoms with E-state index in [1.165, 1.54) is 0 Å². The largest absolute Gasteiger partial charge is 0.297 e. The lowest BCUT2D eigenvalue weighted by atomic mass is 10.2. The molecular formula is C15H8BrCl2N3OS. The number of carbonyl (C=O) groups is 1. The predicted octanol–water partition coefficient (Wildman–Crippen LogP) is 5.53. The summed E-state index contributed by atoms with van der Waals surface area (Å²) in [5.41, 5.74) is 1.23. The van der Waals surface area contributed by atoms with Crippen molar-refractivity contribution in [1.29, 1.82) is 0 Å². The molecule has 0 unspecified atom stereocenters. The summed E-state index contributed by atoms with van der Waals surface area (Å²) in [6.07, 6.45) is 0. The van der Waals surface area contributed by atoms with Gasteiger partial charge in [-0.1, -0.05) is 51.3 Å². The molecule has 23 heavy (non-hydrogen) atoms. The van der Waals surface area contributed by atoms with E-state index < -0.39 is 0 Å². The molecule has 3 rings (SSSR count). The van der Waals surface area contributed by atoms with E-state index in [0.717, 1.165) is 21.6 Å². The van der Waals surface area contributed by atoms with E-state index in [-0.39, 0.29) is 5.91 Å². The average molecular weight is 429 g/mol. The number of rotatable bonds is 3. The summed E-state index contributed by atoms with van der Waals surface area (Å²) >= 11 is 16.3. The topological polar surface area (TPSA) is 54.9 Å². The summed E-state index contributed by atoms with van der Waals surface area (Å²) in [5, 5.41) is 4.19. The quantitative estimate of drug-likeness (QED) is 0.596. The van der Waals surface area contributed by atoms with E-state index in [2.05, 4.69) is 30.6 Å². The monoisotopic (exact) mass is 427 g/mol. The summed E-state index contributed by atoms with van der Waals surface area (Å²) in [6.45, 7) is 0. The van der Waals surface area contributed by atoms with E-state index in [0.29, 0.717) is 26.6 Å². The minimum absolute atomic E-state index is 0.304. The van der Waals surface area contributed by atoms with Crippen LogP contribution >= 0.6 is 50.7 Å². The van der Waals surface area contributed by atoms with Crippen molar-refractivity contribution in [3.63, 3.8) is 0 Å². The van der Waals surface area contributed by atoms with Crippen molar-refractivity contribution < 1.29 is 4.79 Å². The van der Waals surface area contributed by atoms with Crippen LogP contribution in [0.25, 0.3) is 11.4 Å². The second kappa shape index (κ2) is 6.97. The molecule has 0 radical (unpaired) electrons. The van der Waals surface area contributed by atoms with Crippen LogP contribution < -0.4 is 5.32 Å². The van der Waals surface area contributed by atoms with Gasteiger partial charge in [0.1, 0.15) is 0 Å². The van der Waals surface area contributed by atoms with Gasteiger partial charge in [0.25, 0.3) is 5.91 Å². The zero-order chi connectivity index (χ0) is 16.4. The molecule has 1 N–H and O–H groups in total. The van der Waals surface area contributed by atoms with Crippen LogP contribution in [0.4, 0.5) is 5.13 Å². The SMILES string of the molecule is O=C(Nc1nc(-c2cccc(Cl)c2)ns1)c1cc(Cl)cc(Br)c1. The molecule has 1 amide bonds. The van der Waals surface area contributed by atoms with Gasteiger partial charge < -0.3 is 0 Å². The number of nitrogens with zero attached hydrogens (tertiary/aromatic N) is 2. The number of halogens is 3. The van der Waals surface area contributed by atoms with Crippen LogP contribution in [0.2, 0.25) is 10.0 Å². The summed E-state index contributed by atoms with van der Waals surface area (Å²) < 4.78 is 4.96. The molecule has 3 aromatic rings. The number of anilines is 1. The van der Waals surface area contributed by atoms with Crippen LogP contribution in [0.15, 0.2) is 46.9 Å². The lowest BCUT2D eigenvalue weighted by Crippen LogP contribution is -2.11. The van der Waals surface area contributed by atoms with Gasteiger partial charge in [-0.25, -0.2) is 0 Å². The lowest BCUT2D eigenvalue weighted by molar-refractivity contribution is 0.102. The molecule has 0 saturated heterocycles. The Labute approximate surface area is 154 Å². The Hall–Kier alpha value is -1.47. The molecule has 0 bridgehead atoms. The molecule has 0 fully saturated rings. The van der Waals surface area contributed by atoms with E-state index in [1.807, 2.05) is 12.1 Å². The molecule has 2 aromatic carbocycles. The van der Waals surface area contributed by atoms with Gasteiger partial charge in [0.15, 0.2) is 5.82 Å². The molecule has 0 aliphatic heterocycles. The fourth-order valence-electron chi connectivity index (χ4n) is 1.87. The van der Waals surface area contributed by atoms with Crippen molar-refractivity contribution >= 4 is 61.7 Å². The van der Waals surface area contributed by atoms with E-state index in [9.17, 15) is 4.79 Å². The number of amides is 1. The standard InChI is InChI=1S/C15H8BrCl2N3OS/c16-10-4-9(6-12(18)7-10)14(22)20-15-19-13(21-23-15)8-2-1-3-11(17)5-8/h1-7H,(H,19,20,21,22). The van der Waals surface area contributed by atoms with Crippen molar-refractivity contribution in [2.24, 2.45) is 0 Å². The van der Waals surface area contributed by atoms with Crippen molar-refractivity contribution in [2.75, 3.05) is 5.32 Å². The third-order valence-electron chi connectivity index (χ3n) is 2.85. The Bertz CT molecular complexity index is 864. The summed E-state index contributed by atoms with van der Waals surface area (Å²) in [5.74, 6) is 0.210. The molecule has 0 aliphatic carbocycles. The van der Waals surface area contributed by atoms with Gasteiger partial charge in [-0.3, -0.25) is 10.1 Å². The van der Waals surface area contributed by atoms with Crippen molar-refractivity contribution in [2.45, 2.75) is 0 Å². The molecule has 1 aromatic heterocycles. The Morgan fingerprint density at radius 1 is 1.13 bits per heavy atom. The molecular weight excluding hydrogens is 421 g/mol. The molecule has 116 valence electrons. The zero-order valence-electron chi connectivity index (χ0n) is 11.4. The Morgan fingerprint density at radius 2 is 1.96 bits per heavy atom. The van der Waals surface area contributed by atoms with Crippen LogP contribution in [0.5, 0.6) is 0 Å². The fraction of sp³-hybridized carbons (Fsp3) is 0. The minimum Gasteiger partial charge on any atom is -0.297 e. The summed E-state index contributed by atoms with van der Waals surface area (Å²) in [4.78, 5) is 16.5. The van der Waals surface area contributed by atoms with E-state index in [1.54, 1.807) is 30.3 Å². The van der Waals surface area contributed by atoms with Crippen molar-refractivity contribution in [3.05, 3.63) is 62.5 Å². The lowest BCUT2D eigenvalue weighted by Gasteiger charge is -2.02. The number of nitrogens with one attached hydrogen (secondary N) is 1. The highest BCUT2D eigenvalue weighted by molar-refractivity contribution is 9.10. The molecule has 8 heteroatoms. The first kappa shape index (κ1) is 16.4. The Balaban J connectivity index is 1.80. The van der Waals surface area contributed by atoms with Crippen LogP contribution in [0.3, 0.4) is 0 Å². The predicted molar refractivity (Wildman–Crippen MR) is 97.5 cm³/mol. The fourth-order valence-corrected chi connectivity index (χ4v) is 3.51. The summed E-state index contributed by atoms with van der Waals surface area (Å²) in [6, 6.07) is 12.2. The zero-order valence-corrected chi connectivity index (χ0v) is 15.3. The number of hydrogen-bond acceptors (Lipinski definition) is 4. The van der Waals surface area contributed by atoms with Gasteiger partial charge in [0.2, 0.25) is 5.13 Å².